The van der Waals surface area contributed by atoms with Gasteiger partial charge in [0.2, 0.25) is 0 Å². The van der Waals surface area contributed by atoms with Crippen molar-refractivity contribution in [3.63, 3.8) is 0 Å². The third-order valence-corrected chi connectivity index (χ3v) is 29.2. The van der Waals surface area contributed by atoms with E-state index in [1.807, 2.05) is 0 Å². The largest absolute Gasteiger partial charge is 0.144 e. The number of thiophene rings is 2. The monoisotopic (exact) mass is 658 g/mol. The summed E-state index contributed by atoms with van der Waals surface area (Å²) in [6.45, 7) is 29.7. The number of hydrogen-bond donors (Lipinski definition) is 0. The van der Waals surface area contributed by atoms with Gasteiger partial charge in [0.15, 0.2) is 0 Å². The first-order chi connectivity index (χ1) is 15.7. The maximum Gasteiger partial charge on any atom is 0.107 e. The molecule has 0 aliphatic carbocycles. The maximum absolute atomic E-state index is 4.13. The van der Waals surface area contributed by atoms with Crippen LogP contribution in [0.2, 0.25) is 33.2 Å². The summed E-state index contributed by atoms with van der Waals surface area (Å²) in [7, 11) is -3.37. The Balaban J connectivity index is 2.37. The highest BCUT2D eigenvalue weighted by Gasteiger charge is 2.47. The van der Waals surface area contributed by atoms with E-state index in [-0.39, 0.29) is 0 Å². The Hall–Kier alpha value is 0.534. The first-order valence-electron chi connectivity index (χ1n) is 13.0. The average Bonchev–Trinajstić information content (AvgIpc) is 3.31. The lowest BCUT2D eigenvalue weighted by molar-refractivity contribution is 0.837. The SMILES string of the molecule is CC(C)[Si](c1cc2c(Br)c3sc([Si](C(C)C)(C(C)C)C(C)C)cc3c(Br)c2s1)(C(C)C)C(C)C. The molecule has 0 saturated heterocycles. The van der Waals surface area contributed by atoms with Gasteiger partial charge in [0.05, 0.1) is 9.40 Å². The molecule has 0 bridgehead atoms. The molecule has 3 aromatic rings. The number of fused-ring (bicyclic) bond motifs is 2. The molecule has 2 heterocycles. The van der Waals surface area contributed by atoms with Crippen LogP contribution >= 0.6 is 54.5 Å². The topological polar surface area (TPSA) is 0 Å². The van der Waals surface area contributed by atoms with E-state index in [1.165, 1.54) is 29.1 Å². The second-order valence-corrected chi connectivity index (χ2v) is 28.3. The lowest BCUT2D eigenvalue weighted by Gasteiger charge is -2.42. The van der Waals surface area contributed by atoms with Gasteiger partial charge in [-0.3, -0.25) is 0 Å². The Kier molecular flexibility index (Phi) is 8.87. The third-order valence-electron chi connectivity index (χ3n) is 8.92. The van der Waals surface area contributed by atoms with Crippen LogP contribution in [0.25, 0.3) is 20.2 Å². The summed E-state index contributed by atoms with van der Waals surface area (Å²) in [6.07, 6.45) is 0. The van der Waals surface area contributed by atoms with Gasteiger partial charge in [-0.2, -0.15) is 0 Å². The van der Waals surface area contributed by atoms with E-state index in [0.29, 0.717) is 0 Å². The molecule has 0 aliphatic heterocycles. The molecular weight excluding hydrogens is 616 g/mol. The molecular formula is C28H44Br2S2Si2. The molecule has 0 unspecified atom stereocenters. The lowest BCUT2D eigenvalue weighted by atomic mass is 10.2. The highest BCUT2D eigenvalue weighted by Crippen LogP contribution is 2.49. The van der Waals surface area contributed by atoms with Crippen molar-refractivity contribution in [3.8, 4) is 0 Å². The van der Waals surface area contributed by atoms with Crippen molar-refractivity contribution in [1.29, 1.82) is 0 Å². The standard InChI is InChI=1S/C28H44Br2S2Si2/c1-15(2)33(16(3)4,17(5)6)23-13-21-25(29)28-22(26(30)27(21)31-23)14-24(32-28)34(18(7)8,19(9)10)20(11)12/h13-20H,1-12H3. The summed E-state index contributed by atoms with van der Waals surface area (Å²) < 4.78 is 8.86. The van der Waals surface area contributed by atoms with E-state index in [4.69, 9.17) is 0 Å². The quantitative estimate of drug-likeness (QED) is 0.211. The minimum Gasteiger partial charge on any atom is -0.144 e. The minimum atomic E-state index is -1.69. The first kappa shape index (κ1) is 29.1. The predicted octanol–water partition coefficient (Wildman–Crippen LogP) is 11.4. The second-order valence-electron chi connectivity index (χ2n) is 12.1. The maximum atomic E-state index is 4.13. The van der Waals surface area contributed by atoms with E-state index in [1.54, 1.807) is 9.00 Å². The fraction of sp³-hybridized carbons (Fsp3) is 0.643. The summed E-state index contributed by atoms with van der Waals surface area (Å²) in [6, 6.07) is 5.16. The van der Waals surface area contributed by atoms with Gasteiger partial charge in [0.25, 0.3) is 0 Å². The molecule has 0 fully saturated rings. The smallest absolute Gasteiger partial charge is 0.107 e. The molecule has 0 nitrogen and oxygen atoms in total. The normalized spacial score (nSPS) is 14.0. The second kappa shape index (κ2) is 10.4. The van der Waals surface area contributed by atoms with Crippen molar-refractivity contribution in [2.45, 2.75) is 116 Å². The first-order valence-corrected chi connectivity index (χ1v) is 20.7. The van der Waals surface area contributed by atoms with Gasteiger partial charge < -0.3 is 0 Å². The summed E-state index contributed by atoms with van der Waals surface area (Å²) in [4.78, 5) is 0. The molecule has 0 radical (unpaired) electrons. The van der Waals surface area contributed by atoms with Crippen LogP contribution in [0.3, 0.4) is 0 Å². The lowest BCUT2D eigenvalue weighted by Crippen LogP contribution is -2.54. The summed E-state index contributed by atoms with van der Waals surface area (Å²) in [5.74, 6) is 0. The zero-order chi connectivity index (χ0) is 25.9. The van der Waals surface area contributed by atoms with Crippen LogP contribution in [0.4, 0.5) is 0 Å². The summed E-state index contributed by atoms with van der Waals surface area (Å²) >= 11 is 12.4. The Labute approximate surface area is 235 Å². The Bertz CT molecular complexity index is 980. The fourth-order valence-corrected chi connectivity index (χ4v) is 29.8. The zero-order valence-corrected chi connectivity index (χ0v) is 30.0. The molecule has 0 atom stereocenters. The van der Waals surface area contributed by atoms with Crippen LogP contribution < -0.4 is 9.00 Å². The van der Waals surface area contributed by atoms with Crippen LogP contribution in [-0.2, 0) is 0 Å². The number of rotatable bonds is 8. The molecule has 190 valence electrons. The molecule has 6 heteroatoms. The predicted molar refractivity (Wildman–Crippen MR) is 174 cm³/mol. The minimum absolute atomic E-state index is 0.723. The van der Waals surface area contributed by atoms with Crippen molar-refractivity contribution in [2.24, 2.45) is 0 Å². The van der Waals surface area contributed by atoms with Crippen LogP contribution in [0, 0.1) is 0 Å². The van der Waals surface area contributed by atoms with Gasteiger partial charge in [-0.15, -0.1) is 22.7 Å². The Morgan fingerprint density at radius 3 is 0.941 bits per heavy atom. The van der Waals surface area contributed by atoms with E-state index in [0.717, 1.165) is 33.2 Å². The molecule has 0 saturated carbocycles. The van der Waals surface area contributed by atoms with Gasteiger partial charge in [-0.25, -0.2) is 0 Å². The highest BCUT2D eigenvalue weighted by atomic mass is 79.9. The third kappa shape index (κ3) is 4.13. The van der Waals surface area contributed by atoms with E-state index >= 15 is 0 Å². The molecule has 34 heavy (non-hydrogen) atoms. The van der Waals surface area contributed by atoms with Gasteiger partial charge in [0, 0.05) is 19.7 Å². The molecule has 1 aromatic carbocycles. The average molecular weight is 661 g/mol. The van der Waals surface area contributed by atoms with Crippen LogP contribution in [0.1, 0.15) is 83.1 Å². The van der Waals surface area contributed by atoms with Gasteiger partial charge in [0.1, 0.15) is 16.1 Å². The summed E-state index contributed by atoms with van der Waals surface area (Å²) in [5, 5.41) is 2.83. The zero-order valence-electron chi connectivity index (χ0n) is 23.2. The fourth-order valence-electron chi connectivity index (χ4n) is 7.81. The number of hydrogen-bond acceptors (Lipinski definition) is 2. The molecule has 2 aromatic heterocycles. The van der Waals surface area contributed by atoms with Crippen molar-refractivity contribution in [1.82, 2.24) is 0 Å². The van der Waals surface area contributed by atoms with Crippen molar-refractivity contribution < 1.29 is 0 Å². The van der Waals surface area contributed by atoms with E-state index < -0.39 is 16.1 Å². The van der Waals surface area contributed by atoms with Crippen molar-refractivity contribution in [3.05, 3.63) is 21.1 Å². The molecule has 0 amide bonds. The highest BCUT2D eigenvalue weighted by molar-refractivity contribution is 9.11. The van der Waals surface area contributed by atoms with Crippen molar-refractivity contribution in [2.75, 3.05) is 0 Å². The van der Waals surface area contributed by atoms with E-state index in [9.17, 15) is 0 Å². The molecule has 0 aliphatic rings. The van der Waals surface area contributed by atoms with Crippen LogP contribution in [-0.4, -0.2) is 16.1 Å². The number of benzene rings is 1. The van der Waals surface area contributed by atoms with Crippen LogP contribution in [0.15, 0.2) is 21.1 Å². The van der Waals surface area contributed by atoms with E-state index in [2.05, 4.69) is 150 Å². The molecule has 0 spiro atoms. The molecule has 3 rings (SSSR count). The van der Waals surface area contributed by atoms with Gasteiger partial charge in [-0.05, 0) is 86.2 Å². The number of halogens is 2. The Morgan fingerprint density at radius 2 is 0.735 bits per heavy atom. The van der Waals surface area contributed by atoms with Gasteiger partial charge in [-0.1, -0.05) is 83.1 Å². The Morgan fingerprint density at radius 1 is 0.500 bits per heavy atom. The van der Waals surface area contributed by atoms with Gasteiger partial charge >= 0.3 is 0 Å². The molecule has 0 N–H and O–H groups in total. The summed E-state index contributed by atoms with van der Waals surface area (Å²) in [5.41, 5.74) is 4.34. The van der Waals surface area contributed by atoms with Crippen molar-refractivity contribution >= 4 is 99.9 Å². The van der Waals surface area contributed by atoms with Crippen LogP contribution in [0.5, 0.6) is 0 Å².